The maximum Gasteiger partial charge on any atom is 0.185 e. The third-order valence-electron chi connectivity index (χ3n) is 1.71. The van der Waals surface area contributed by atoms with Crippen LogP contribution in [0.1, 0.15) is 16.2 Å². The number of aldehydes is 1. The molecule has 0 aliphatic carbocycles. The number of carbonyl (C=O) groups is 1. The lowest BCUT2D eigenvalue weighted by molar-refractivity contribution is 0.110. The molecule has 4 nitrogen and oxygen atoms in total. The second-order valence-electron chi connectivity index (χ2n) is 2.59. The number of hydrogen-bond donors (Lipinski definition) is 0. The largest absolute Gasteiger partial charge is 0.451 e. The summed E-state index contributed by atoms with van der Waals surface area (Å²) < 4.78 is 5.82. The highest BCUT2D eigenvalue weighted by atomic mass is 79.9. The molecule has 0 saturated carbocycles. The predicted molar refractivity (Wildman–Crippen MR) is 49.6 cm³/mol. The average Bonchev–Trinajstić information content (AvgIpc) is 2.56. The summed E-state index contributed by atoms with van der Waals surface area (Å²) in [6.07, 6.45) is 0.659. The Kier molecular flexibility index (Phi) is 1.88. The number of nitrogens with zero attached hydrogens (tertiary/aromatic N) is 2. The van der Waals surface area contributed by atoms with Crippen molar-refractivity contribution in [3.05, 3.63) is 22.1 Å². The molecule has 2 aromatic heterocycles. The third-order valence-corrected chi connectivity index (χ3v) is 2.29. The molecule has 13 heavy (non-hydrogen) atoms. The number of halogens is 1. The van der Waals surface area contributed by atoms with Crippen LogP contribution in [0.3, 0.4) is 0 Å². The second-order valence-corrected chi connectivity index (χ2v) is 3.34. The Hall–Kier alpha value is -1.23. The van der Waals surface area contributed by atoms with Gasteiger partial charge in [0.2, 0.25) is 0 Å². The molecule has 5 heteroatoms. The highest BCUT2D eigenvalue weighted by molar-refractivity contribution is 9.10. The summed E-state index contributed by atoms with van der Waals surface area (Å²) in [6.45, 7) is 1.78. The van der Waals surface area contributed by atoms with E-state index in [1.807, 2.05) is 0 Å². The molecule has 0 bridgehead atoms. The summed E-state index contributed by atoms with van der Waals surface area (Å²) in [6, 6.07) is 1.63. The van der Waals surface area contributed by atoms with Crippen molar-refractivity contribution in [1.82, 2.24) is 10.2 Å². The van der Waals surface area contributed by atoms with Crippen LogP contribution < -0.4 is 0 Å². The fourth-order valence-electron chi connectivity index (χ4n) is 1.11. The molecule has 0 amide bonds. The molecule has 0 atom stereocenters. The van der Waals surface area contributed by atoms with Crippen LogP contribution in [-0.2, 0) is 0 Å². The van der Waals surface area contributed by atoms with E-state index in [0.29, 0.717) is 22.2 Å². The van der Waals surface area contributed by atoms with Crippen molar-refractivity contribution >= 4 is 33.2 Å². The molecule has 0 fully saturated rings. The van der Waals surface area contributed by atoms with Gasteiger partial charge in [0.25, 0.3) is 0 Å². The molecule has 0 aromatic carbocycles. The van der Waals surface area contributed by atoms with E-state index in [0.717, 1.165) is 5.39 Å². The number of aryl methyl sites for hydroxylation is 1. The molecule has 0 unspecified atom stereocenters. The van der Waals surface area contributed by atoms with Crippen molar-refractivity contribution in [2.45, 2.75) is 6.92 Å². The van der Waals surface area contributed by atoms with E-state index in [1.165, 1.54) is 0 Å². The van der Waals surface area contributed by atoms with Crippen LogP contribution >= 0.6 is 15.9 Å². The molecule has 2 aromatic rings. The van der Waals surface area contributed by atoms with Crippen LogP contribution in [-0.4, -0.2) is 16.5 Å². The Bertz CT molecular complexity index is 439. The Morgan fingerprint density at radius 2 is 2.31 bits per heavy atom. The summed E-state index contributed by atoms with van der Waals surface area (Å²) in [5, 5.41) is 8.47. The number of hydrogen-bond acceptors (Lipinski definition) is 4. The van der Waals surface area contributed by atoms with E-state index < -0.39 is 0 Å². The monoisotopic (exact) mass is 240 g/mol. The first-order valence-corrected chi connectivity index (χ1v) is 4.39. The van der Waals surface area contributed by atoms with Crippen molar-refractivity contribution < 1.29 is 9.21 Å². The van der Waals surface area contributed by atoms with E-state index in [4.69, 9.17) is 4.42 Å². The molecule has 2 heterocycles. The maximum absolute atomic E-state index is 10.4. The van der Waals surface area contributed by atoms with Gasteiger partial charge in [-0.05, 0) is 28.9 Å². The molecular formula is C8H5BrN2O2. The molecule has 2 rings (SSSR count). The maximum atomic E-state index is 10.4. The summed E-state index contributed by atoms with van der Waals surface area (Å²) in [5.74, 6) is 0.286. The van der Waals surface area contributed by atoms with E-state index >= 15 is 0 Å². The predicted octanol–water partition coefficient (Wildman–Crippen LogP) is 2.11. The lowest BCUT2D eigenvalue weighted by atomic mass is 10.3. The molecule has 0 aliphatic heterocycles. The minimum absolute atomic E-state index is 0.286. The van der Waals surface area contributed by atoms with Gasteiger partial charge in [-0.3, -0.25) is 4.79 Å². The average molecular weight is 241 g/mol. The first-order valence-electron chi connectivity index (χ1n) is 3.60. The van der Waals surface area contributed by atoms with Crippen LogP contribution in [0.4, 0.5) is 0 Å². The van der Waals surface area contributed by atoms with Crippen molar-refractivity contribution in [1.29, 1.82) is 0 Å². The topological polar surface area (TPSA) is 56.0 Å². The van der Waals surface area contributed by atoms with Gasteiger partial charge in [0.05, 0.1) is 5.39 Å². The molecule has 0 N–H and O–H groups in total. The van der Waals surface area contributed by atoms with Gasteiger partial charge < -0.3 is 4.42 Å². The smallest absolute Gasteiger partial charge is 0.185 e. The molecular weight excluding hydrogens is 236 g/mol. The fraction of sp³-hybridized carbons (Fsp3) is 0.125. The summed E-state index contributed by atoms with van der Waals surface area (Å²) >= 11 is 3.22. The van der Waals surface area contributed by atoms with Gasteiger partial charge in [-0.1, -0.05) is 0 Å². The number of fused-ring (bicyclic) bond motifs is 1. The Balaban J connectivity index is 2.87. The van der Waals surface area contributed by atoms with E-state index in [9.17, 15) is 4.79 Å². The zero-order valence-electron chi connectivity index (χ0n) is 6.74. The minimum Gasteiger partial charge on any atom is -0.451 e. The van der Waals surface area contributed by atoms with Crippen LogP contribution in [0.5, 0.6) is 0 Å². The van der Waals surface area contributed by atoms with Crippen molar-refractivity contribution in [2.75, 3.05) is 0 Å². The van der Waals surface area contributed by atoms with Crippen molar-refractivity contribution in [2.24, 2.45) is 0 Å². The normalized spacial score (nSPS) is 10.6. The lowest BCUT2D eigenvalue weighted by Gasteiger charge is -1.92. The summed E-state index contributed by atoms with van der Waals surface area (Å²) in [5.41, 5.74) is 1.27. The van der Waals surface area contributed by atoms with Gasteiger partial charge in [0.15, 0.2) is 17.6 Å². The first-order chi connectivity index (χ1) is 6.22. The van der Waals surface area contributed by atoms with Gasteiger partial charge in [-0.15, -0.1) is 5.10 Å². The lowest BCUT2D eigenvalue weighted by Crippen LogP contribution is -1.86. The van der Waals surface area contributed by atoms with Gasteiger partial charge in [-0.2, -0.15) is 5.10 Å². The highest BCUT2D eigenvalue weighted by Gasteiger charge is 2.10. The first kappa shape index (κ1) is 8.37. The molecule has 66 valence electrons. The number of aromatic nitrogens is 2. The van der Waals surface area contributed by atoms with E-state index in [2.05, 4.69) is 26.1 Å². The minimum atomic E-state index is 0.286. The Morgan fingerprint density at radius 3 is 2.92 bits per heavy atom. The Morgan fingerprint density at radius 1 is 1.54 bits per heavy atom. The van der Waals surface area contributed by atoms with Crippen LogP contribution in [0, 0.1) is 6.92 Å². The zero-order chi connectivity index (χ0) is 9.42. The van der Waals surface area contributed by atoms with Crippen LogP contribution in [0.25, 0.3) is 11.0 Å². The van der Waals surface area contributed by atoms with Crippen LogP contribution in [0.2, 0.25) is 0 Å². The number of carbonyl (C=O) groups excluding carboxylic acids is 1. The molecule has 0 aliphatic rings. The molecule has 0 saturated heterocycles. The van der Waals surface area contributed by atoms with E-state index in [1.54, 1.807) is 13.0 Å². The third kappa shape index (κ3) is 1.25. The molecule has 0 spiro atoms. The molecule has 0 radical (unpaired) electrons. The van der Waals surface area contributed by atoms with Crippen LogP contribution in [0.15, 0.2) is 15.1 Å². The fourth-order valence-corrected chi connectivity index (χ4v) is 1.48. The second kappa shape index (κ2) is 2.92. The van der Waals surface area contributed by atoms with E-state index in [-0.39, 0.29) is 5.76 Å². The summed E-state index contributed by atoms with van der Waals surface area (Å²) in [4.78, 5) is 10.4. The number of furan rings is 1. The van der Waals surface area contributed by atoms with Gasteiger partial charge in [-0.25, -0.2) is 0 Å². The summed E-state index contributed by atoms with van der Waals surface area (Å²) in [7, 11) is 0. The Labute approximate surface area is 82.1 Å². The quantitative estimate of drug-likeness (QED) is 0.717. The SMILES string of the molecule is Cc1nnc(Br)c2cc(C=O)oc12. The highest BCUT2D eigenvalue weighted by Crippen LogP contribution is 2.25. The van der Waals surface area contributed by atoms with Gasteiger partial charge in [0.1, 0.15) is 10.3 Å². The van der Waals surface area contributed by atoms with Crippen molar-refractivity contribution in [3.8, 4) is 0 Å². The van der Waals surface area contributed by atoms with Gasteiger partial charge >= 0.3 is 0 Å². The zero-order valence-corrected chi connectivity index (χ0v) is 8.33. The van der Waals surface area contributed by atoms with Crippen molar-refractivity contribution in [3.63, 3.8) is 0 Å². The number of rotatable bonds is 1. The standard InChI is InChI=1S/C8H5BrN2O2/c1-4-7-6(8(9)11-10-4)2-5(3-12)13-7/h2-3H,1H3. The van der Waals surface area contributed by atoms with Gasteiger partial charge in [0, 0.05) is 0 Å².